The van der Waals surface area contributed by atoms with Crippen LogP contribution in [0.1, 0.15) is 18.9 Å². The first-order chi connectivity index (χ1) is 6.74. The fraction of sp³-hybridized carbons (Fsp3) is 0.417. The molecular formula is C12H18N2. The molecule has 0 atom stereocenters. The summed E-state index contributed by atoms with van der Waals surface area (Å²) >= 11 is 0. The monoisotopic (exact) mass is 190 g/mol. The van der Waals surface area contributed by atoms with E-state index in [2.05, 4.69) is 41.1 Å². The first-order valence-electron chi connectivity index (χ1n) is 5.01. The van der Waals surface area contributed by atoms with Gasteiger partial charge in [0.05, 0.1) is 0 Å². The van der Waals surface area contributed by atoms with Gasteiger partial charge in [-0.1, -0.05) is 19.1 Å². The van der Waals surface area contributed by atoms with Gasteiger partial charge in [-0.05, 0) is 24.1 Å². The van der Waals surface area contributed by atoms with Gasteiger partial charge in [0.1, 0.15) is 0 Å². The number of hydrogen-bond donors (Lipinski definition) is 0. The molecule has 2 heteroatoms. The molecule has 0 aliphatic carbocycles. The van der Waals surface area contributed by atoms with Crippen LogP contribution in [0, 0.1) is 0 Å². The summed E-state index contributed by atoms with van der Waals surface area (Å²) in [6.45, 7) is 3.04. The summed E-state index contributed by atoms with van der Waals surface area (Å²) in [5.74, 6) is 0. The molecule has 1 aromatic rings. The van der Waals surface area contributed by atoms with Gasteiger partial charge in [-0.15, -0.1) is 0 Å². The van der Waals surface area contributed by atoms with E-state index in [9.17, 15) is 0 Å². The van der Waals surface area contributed by atoms with E-state index in [0.717, 1.165) is 13.0 Å². The SMILES string of the molecule is CCCN=Cc1ccc(N(C)C)cc1. The van der Waals surface area contributed by atoms with Gasteiger partial charge < -0.3 is 4.90 Å². The minimum absolute atomic E-state index is 0.912. The third-order valence-corrected chi connectivity index (χ3v) is 2.00. The molecular weight excluding hydrogens is 172 g/mol. The van der Waals surface area contributed by atoms with Crippen LogP contribution in [0.15, 0.2) is 29.3 Å². The number of anilines is 1. The Kier molecular flexibility index (Phi) is 4.17. The summed E-state index contributed by atoms with van der Waals surface area (Å²) in [7, 11) is 4.08. The number of hydrogen-bond acceptors (Lipinski definition) is 2. The molecule has 0 aromatic heterocycles. The maximum absolute atomic E-state index is 4.30. The van der Waals surface area contributed by atoms with Crippen molar-refractivity contribution in [2.24, 2.45) is 4.99 Å². The third-order valence-electron chi connectivity index (χ3n) is 2.00. The van der Waals surface area contributed by atoms with Crippen LogP contribution >= 0.6 is 0 Å². The van der Waals surface area contributed by atoms with Gasteiger partial charge in [0.2, 0.25) is 0 Å². The number of aliphatic imine (C=N–C) groups is 1. The van der Waals surface area contributed by atoms with Gasteiger partial charge in [0, 0.05) is 32.5 Å². The minimum atomic E-state index is 0.912. The number of rotatable bonds is 4. The molecule has 0 heterocycles. The Morgan fingerprint density at radius 1 is 1.21 bits per heavy atom. The molecule has 2 nitrogen and oxygen atoms in total. The Bertz CT molecular complexity index is 286. The van der Waals surface area contributed by atoms with Gasteiger partial charge in [0.25, 0.3) is 0 Å². The van der Waals surface area contributed by atoms with E-state index in [1.165, 1.54) is 11.3 Å². The molecule has 0 N–H and O–H groups in total. The van der Waals surface area contributed by atoms with Crippen LogP contribution in [0.5, 0.6) is 0 Å². The Morgan fingerprint density at radius 2 is 1.86 bits per heavy atom. The molecule has 76 valence electrons. The predicted octanol–water partition coefficient (Wildman–Crippen LogP) is 2.58. The molecule has 1 rings (SSSR count). The van der Waals surface area contributed by atoms with E-state index < -0.39 is 0 Å². The van der Waals surface area contributed by atoms with Crippen molar-refractivity contribution in [3.63, 3.8) is 0 Å². The first kappa shape index (κ1) is 10.8. The molecule has 0 amide bonds. The smallest absolute Gasteiger partial charge is 0.0386 e. The van der Waals surface area contributed by atoms with E-state index in [-0.39, 0.29) is 0 Å². The normalized spacial score (nSPS) is 10.8. The Balaban J connectivity index is 2.64. The highest BCUT2D eigenvalue weighted by Crippen LogP contribution is 2.10. The predicted molar refractivity (Wildman–Crippen MR) is 63.5 cm³/mol. The zero-order valence-corrected chi connectivity index (χ0v) is 9.20. The lowest BCUT2D eigenvalue weighted by Gasteiger charge is -2.11. The molecule has 0 aliphatic heterocycles. The topological polar surface area (TPSA) is 15.6 Å². The van der Waals surface area contributed by atoms with Crippen molar-refractivity contribution in [1.82, 2.24) is 0 Å². The fourth-order valence-electron chi connectivity index (χ4n) is 1.16. The van der Waals surface area contributed by atoms with Gasteiger partial charge in [-0.2, -0.15) is 0 Å². The first-order valence-corrected chi connectivity index (χ1v) is 5.01. The average Bonchev–Trinajstić information content (AvgIpc) is 2.19. The van der Waals surface area contributed by atoms with E-state index in [0.29, 0.717) is 0 Å². The lowest BCUT2D eigenvalue weighted by molar-refractivity contribution is 0.937. The quantitative estimate of drug-likeness (QED) is 0.666. The maximum atomic E-state index is 4.30. The van der Waals surface area contributed by atoms with Gasteiger partial charge in [0.15, 0.2) is 0 Å². The van der Waals surface area contributed by atoms with Crippen molar-refractivity contribution < 1.29 is 0 Å². The highest BCUT2D eigenvalue weighted by Gasteiger charge is 1.93. The molecule has 0 aliphatic rings. The molecule has 0 spiro atoms. The van der Waals surface area contributed by atoms with Crippen molar-refractivity contribution >= 4 is 11.9 Å². The lowest BCUT2D eigenvalue weighted by atomic mass is 10.2. The summed E-state index contributed by atoms with van der Waals surface area (Å²) in [6.07, 6.45) is 3.04. The molecule has 0 fully saturated rings. The molecule has 0 saturated heterocycles. The second kappa shape index (κ2) is 5.43. The van der Waals surface area contributed by atoms with Crippen molar-refractivity contribution in [3.05, 3.63) is 29.8 Å². The van der Waals surface area contributed by atoms with Gasteiger partial charge >= 0.3 is 0 Å². The standard InChI is InChI=1S/C12H18N2/c1-4-9-13-10-11-5-7-12(8-6-11)14(2)3/h5-8,10H,4,9H2,1-3H3. The molecule has 14 heavy (non-hydrogen) atoms. The number of nitrogens with zero attached hydrogens (tertiary/aromatic N) is 2. The maximum Gasteiger partial charge on any atom is 0.0386 e. The van der Waals surface area contributed by atoms with Crippen LogP contribution < -0.4 is 4.90 Å². The summed E-state index contributed by atoms with van der Waals surface area (Å²) in [6, 6.07) is 8.39. The fourth-order valence-corrected chi connectivity index (χ4v) is 1.16. The minimum Gasteiger partial charge on any atom is -0.378 e. The van der Waals surface area contributed by atoms with E-state index in [1.807, 2.05) is 20.3 Å². The van der Waals surface area contributed by atoms with Crippen molar-refractivity contribution in [2.45, 2.75) is 13.3 Å². The Labute approximate surface area is 86.3 Å². The van der Waals surface area contributed by atoms with Crippen molar-refractivity contribution in [1.29, 1.82) is 0 Å². The van der Waals surface area contributed by atoms with Crippen LogP contribution in [-0.4, -0.2) is 26.9 Å². The third kappa shape index (κ3) is 3.21. The van der Waals surface area contributed by atoms with Crippen LogP contribution in [0.25, 0.3) is 0 Å². The Hall–Kier alpha value is -1.31. The van der Waals surface area contributed by atoms with Gasteiger partial charge in [-0.25, -0.2) is 0 Å². The molecule has 1 aromatic carbocycles. The number of benzene rings is 1. The van der Waals surface area contributed by atoms with E-state index >= 15 is 0 Å². The zero-order valence-electron chi connectivity index (χ0n) is 9.20. The second-order valence-corrected chi connectivity index (χ2v) is 3.52. The van der Waals surface area contributed by atoms with Crippen LogP contribution in [0.3, 0.4) is 0 Å². The van der Waals surface area contributed by atoms with Crippen LogP contribution in [0.4, 0.5) is 5.69 Å². The lowest BCUT2D eigenvalue weighted by Crippen LogP contribution is -2.08. The van der Waals surface area contributed by atoms with Crippen molar-refractivity contribution in [2.75, 3.05) is 25.5 Å². The summed E-state index contributed by atoms with van der Waals surface area (Å²) < 4.78 is 0. The average molecular weight is 190 g/mol. The molecule has 0 bridgehead atoms. The summed E-state index contributed by atoms with van der Waals surface area (Å²) in [5.41, 5.74) is 2.39. The highest BCUT2D eigenvalue weighted by atomic mass is 15.1. The highest BCUT2D eigenvalue weighted by molar-refractivity contribution is 5.80. The summed E-state index contributed by atoms with van der Waals surface area (Å²) in [4.78, 5) is 6.39. The summed E-state index contributed by atoms with van der Waals surface area (Å²) in [5, 5.41) is 0. The van der Waals surface area contributed by atoms with Gasteiger partial charge in [-0.3, -0.25) is 4.99 Å². The molecule has 0 radical (unpaired) electrons. The largest absolute Gasteiger partial charge is 0.378 e. The van der Waals surface area contributed by atoms with Crippen LogP contribution in [0.2, 0.25) is 0 Å². The van der Waals surface area contributed by atoms with Crippen molar-refractivity contribution in [3.8, 4) is 0 Å². The van der Waals surface area contributed by atoms with Crippen LogP contribution in [-0.2, 0) is 0 Å². The Morgan fingerprint density at radius 3 is 2.36 bits per heavy atom. The van der Waals surface area contributed by atoms with E-state index in [4.69, 9.17) is 0 Å². The molecule has 0 saturated carbocycles. The molecule has 0 unspecified atom stereocenters. The zero-order chi connectivity index (χ0) is 10.4. The van der Waals surface area contributed by atoms with E-state index in [1.54, 1.807) is 0 Å². The second-order valence-electron chi connectivity index (χ2n) is 3.52.